The molecule has 0 saturated heterocycles. The van der Waals surface area contributed by atoms with E-state index in [0.717, 1.165) is 38.0 Å². The van der Waals surface area contributed by atoms with Gasteiger partial charge >= 0.3 is 0 Å². The van der Waals surface area contributed by atoms with E-state index in [9.17, 15) is 0 Å². The van der Waals surface area contributed by atoms with Gasteiger partial charge in [-0.1, -0.05) is 35.5 Å². The SMILES string of the molecule is COc1ccc2c(Sc3ccccc3Cl)nc(Nc3cc(C)[nH]n3)cc2c1. The third-order valence-corrected chi connectivity index (χ3v) is 5.53. The van der Waals surface area contributed by atoms with Gasteiger partial charge in [0.15, 0.2) is 5.82 Å². The second kappa shape index (κ2) is 7.50. The number of hydrogen-bond donors (Lipinski definition) is 2. The van der Waals surface area contributed by atoms with E-state index in [2.05, 4.69) is 15.5 Å². The number of methoxy groups -OCH3 is 1. The third kappa shape index (κ3) is 3.86. The Balaban J connectivity index is 1.80. The van der Waals surface area contributed by atoms with E-state index in [4.69, 9.17) is 21.3 Å². The summed E-state index contributed by atoms with van der Waals surface area (Å²) < 4.78 is 5.37. The van der Waals surface area contributed by atoms with Crippen LogP contribution in [0.3, 0.4) is 0 Å². The van der Waals surface area contributed by atoms with Gasteiger partial charge in [0.25, 0.3) is 0 Å². The van der Waals surface area contributed by atoms with Crippen LogP contribution in [0.1, 0.15) is 5.69 Å². The Morgan fingerprint density at radius 1 is 1.07 bits per heavy atom. The number of anilines is 2. The van der Waals surface area contributed by atoms with Crippen LogP contribution in [0.2, 0.25) is 5.02 Å². The van der Waals surface area contributed by atoms with Crippen LogP contribution in [0.15, 0.2) is 64.5 Å². The Morgan fingerprint density at radius 2 is 1.93 bits per heavy atom. The summed E-state index contributed by atoms with van der Waals surface area (Å²) in [6.07, 6.45) is 0. The summed E-state index contributed by atoms with van der Waals surface area (Å²) in [6, 6.07) is 17.6. The molecule has 2 aromatic carbocycles. The fourth-order valence-electron chi connectivity index (χ4n) is 2.72. The molecule has 2 aromatic heterocycles. The molecular formula is C20H17ClN4OS. The second-order valence-corrected chi connectivity index (χ2v) is 7.43. The zero-order valence-corrected chi connectivity index (χ0v) is 16.4. The molecule has 2 N–H and O–H groups in total. The number of halogens is 1. The molecule has 5 nitrogen and oxygen atoms in total. The molecule has 0 saturated carbocycles. The van der Waals surface area contributed by atoms with Crippen LogP contribution in [0.4, 0.5) is 11.6 Å². The van der Waals surface area contributed by atoms with Crippen molar-refractivity contribution in [3.63, 3.8) is 0 Å². The maximum atomic E-state index is 6.35. The number of benzene rings is 2. The number of nitrogens with one attached hydrogen (secondary N) is 2. The van der Waals surface area contributed by atoms with Crippen molar-refractivity contribution in [2.24, 2.45) is 0 Å². The molecule has 7 heteroatoms. The van der Waals surface area contributed by atoms with E-state index in [1.165, 1.54) is 11.8 Å². The molecule has 136 valence electrons. The van der Waals surface area contributed by atoms with E-state index in [1.807, 2.05) is 61.5 Å². The molecule has 0 amide bonds. The summed E-state index contributed by atoms with van der Waals surface area (Å²) in [5, 5.41) is 14.0. The predicted octanol–water partition coefficient (Wildman–Crippen LogP) is 5.82. The zero-order chi connectivity index (χ0) is 18.8. The maximum absolute atomic E-state index is 6.35. The molecule has 0 fully saturated rings. The fraction of sp³-hybridized carbons (Fsp3) is 0.100. The first kappa shape index (κ1) is 17.7. The van der Waals surface area contributed by atoms with Gasteiger partial charge in [-0.05, 0) is 48.7 Å². The van der Waals surface area contributed by atoms with Crippen molar-refractivity contribution in [1.29, 1.82) is 0 Å². The van der Waals surface area contributed by atoms with Crippen LogP contribution < -0.4 is 10.1 Å². The van der Waals surface area contributed by atoms with Crippen molar-refractivity contribution in [3.8, 4) is 5.75 Å². The molecule has 0 spiro atoms. The van der Waals surface area contributed by atoms with Crippen LogP contribution in [-0.4, -0.2) is 22.3 Å². The van der Waals surface area contributed by atoms with Crippen LogP contribution >= 0.6 is 23.4 Å². The molecule has 0 aliphatic rings. The van der Waals surface area contributed by atoms with Crippen molar-refractivity contribution >= 4 is 45.8 Å². The van der Waals surface area contributed by atoms with Crippen molar-refractivity contribution in [1.82, 2.24) is 15.2 Å². The van der Waals surface area contributed by atoms with Gasteiger partial charge in [-0.25, -0.2) is 4.98 Å². The second-order valence-electron chi connectivity index (χ2n) is 5.99. The first-order valence-electron chi connectivity index (χ1n) is 8.32. The van der Waals surface area contributed by atoms with Crippen molar-refractivity contribution in [2.75, 3.05) is 12.4 Å². The van der Waals surface area contributed by atoms with Gasteiger partial charge in [-0.2, -0.15) is 5.10 Å². The van der Waals surface area contributed by atoms with Crippen molar-refractivity contribution < 1.29 is 4.74 Å². The summed E-state index contributed by atoms with van der Waals surface area (Å²) in [5.74, 6) is 2.22. The number of hydrogen-bond acceptors (Lipinski definition) is 5. The summed E-state index contributed by atoms with van der Waals surface area (Å²) in [6.45, 7) is 1.95. The summed E-state index contributed by atoms with van der Waals surface area (Å²) in [4.78, 5) is 5.75. The Bertz CT molecular complexity index is 1110. The molecule has 4 aromatic rings. The zero-order valence-electron chi connectivity index (χ0n) is 14.8. The van der Waals surface area contributed by atoms with E-state index in [-0.39, 0.29) is 0 Å². The normalized spacial score (nSPS) is 10.9. The molecule has 0 bridgehead atoms. The number of nitrogens with zero attached hydrogens (tertiary/aromatic N) is 2. The Hall–Kier alpha value is -2.70. The van der Waals surface area contributed by atoms with Crippen LogP contribution in [0.5, 0.6) is 5.75 Å². The standard InChI is InChI=1S/C20H17ClN4OS/c1-12-9-19(25-24-12)22-18-11-13-10-14(26-2)7-8-15(13)20(23-18)27-17-6-4-3-5-16(17)21/h3-11H,1-2H3,(H2,22,23,24,25). The number of aryl methyl sites for hydroxylation is 1. The molecule has 27 heavy (non-hydrogen) atoms. The highest BCUT2D eigenvalue weighted by molar-refractivity contribution is 7.99. The molecule has 0 atom stereocenters. The molecule has 4 rings (SSSR count). The largest absolute Gasteiger partial charge is 0.497 e. The quantitative estimate of drug-likeness (QED) is 0.444. The smallest absolute Gasteiger partial charge is 0.153 e. The lowest BCUT2D eigenvalue weighted by molar-refractivity contribution is 0.415. The Labute approximate surface area is 166 Å². The molecule has 0 unspecified atom stereocenters. The van der Waals surface area contributed by atoms with Gasteiger partial charge in [0, 0.05) is 22.0 Å². The topological polar surface area (TPSA) is 62.8 Å². The lowest BCUT2D eigenvalue weighted by Gasteiger charge is -2.11. The van der Waals surface area contributed by atoms with E-state index < -0.39 is 0 Å². The Kier molecular flexibility index (Phi) is 4.92. The number of pyridine rings is 1. The highest BCUT2D eigenvalue weighted by Gasteiger charge is 2.12. The van der Waals surface area contributed by atoms with Gasteiger partial charge in [-0.3, -0.25) is 5.10 Å². The van der Waals surface area contributed by atoms with E-state index in [0.29, 0.717) is 10.8 Å². The number of aromatic amines is 1. The minimum absolute atomic E-state index is 0.701. The van der Waals surface area contributed by atoms with Crippen LogP contribution in [0.25, 0.3) is 10.8 Å². The highest BCUT2D eigenvalue weighted by Crippen LogP contribution is 2.38. The predicted molar refractivity (Wildman–Crippen MR) is 110 cm³/mol. The van der Waals surface area contributed by atoms with Crippen molar-refractivity contribution in [3.05, 3.63) is 65.3 Å². The Morgan fingerprint density at radius 3 is 2.67 bits per heavy atom. The summed E-state index contributed by atoms with van der Waals surface area (Å²) >= 11 is 7.88. The number of ether oxygens (including phenoxy) is 1. The average Bonchev–Trinajstić information content (AvgIpc) is 3.07. The minimum Gasteiger partial charge on any atom is -0.497 e. The lowest BCUT2D eigenvalue weighted by Crippen LogP contribution is -1.96. The van der Waals surface area contributed by atoms with Gasteiger partial charge < -0.3 is 10.1 Å². The highest BCUT2D eigenvalue weighted by atomic mass is 35.5. The van der Waals surface area contributed by atoms with Gasteiger partial charge in [0.05, 0.1) is 12.1 Å². The molecular weight excluding hydrogens is 380 g/mol. The van der Waals surface area contributed by atoms with Crippen molar-refractivity contribution in [2.45, 2.75) is 16.8 Å². The number of H-pyrrole nitrogens is 1. The number of aromatic nitrogens is 3. The molecule has 2 heterocycles. The molecule has 0 aliphatic heterocycles. The number of rotatable bonds is 5. The van der Waals surface area contributed by atoms with Crippen LogP contribution in [0, 0.1) is 6.92 Å². The van der Waals surface area contributed by atoms with E-state index in [1.54, 1.807) is 7.11 Å². The summed E-state index contributed by atoms with van der Waals surface area (Å²) in [7, 11) is 1.66. The third-order valence-electron chi connectivity index (χ3n) is 4.01. The number of fused-ring (bicyclic) bond motifs is 1. The monoisotopic (exact) mass is 396 g/mol. The van der Waals surface area contributed by atoms with Gasteiger partial charge in [-0.15, -0.1) is 0 Å². The fourth-order valence-corrected chi connectivity index (χ4v) is 3.93. The molecule has 0 radical (unpaired) electrons. The maximum Gasteiger partial charge on any atom is 0.153 e. The van der Waals surface area contributed by atoms with Gasteiger partial charge in [0.2, 0.25) is 0 Å². The lowest BCUT2D eigenvalue weighted by atomic mass is 10.1. The summed E-state index contributed by atoms with van der Waals surface area (Å²) in [5.41, 5.74) is 0.977. The van der Waals surface area contributed by atoms with E-state index >= 15 is 0 Å². The van der Waals surface area contributed by atoms with Crippen LogP contribution in [-0.2, 0) is 0 Å². The minimum atomic E-state index is 0.701. The molecule has 0 aliphatic carbocycles. The average molecular weight is 397 g/mol. The first-order valence-corrected chi connectivity index (χ1v) is 9.52. The van der Waals surface area contributed by atoms with Gasteiger partial charge in [0.1, 0.15) is 16.6 Å². The first-order chi connectivity index (χ1) is 13.1.